The molecule has 0 spiro atoms. The molecule has 2 saturated heterocycles. The molecule has 0 atom stereocenters. The molecule has 0 bridgehead atoms. The number of nitrogens with one attached hydrogen (secondary N) is 1. The maximum absolute atomic E-state index is 12.0. The Hall–Kier alpha value is -0.810. The van der Waals surface area contributed by atoms with E-state index in [4.69, 9.17) is 9.47 Å². The lowest BCUT2D eigenvalue weighted by Crippen LogP contribution is -2.55. The molecule has 2 fully saturated rings. The summed E-state index contributed by atoms with van der Waals surface area (Å²) in [6, 6.07) is 0.0349. The van der Waals surface area contributed by atoms with Gasteiger partial charge in [0.05, 0.1) is 13.2 Å². The van der Waals surface area contributed by atoms with Crippen molar-refractivity contribution in [3.05, 3.63) is 0 Å². The quantitative estimate of drug-likeness (QED) is 0.715. The Bertz CT molecular complexity index is 246. The molecule has 2 aliphatic heterocycles. The summed E-state index contributed by atoms with van der Waals surface area (Å²) < 4.78 is 10.5. The van der Waals surface area contributed by atoms with Crippen LogP contribution in [-0.2, 0) is 9.47 Å². The van der Waals surface area contributed by atoms with Crippen LogP contribution in [0.2, 0.25) is 0 Å². The number of nitrogens with zero attached hydrogens (tertiary/aromatic N) is 1. The van der Waals surface area contributed by atoms with Crippen LogP contribution in [0.15, 0.2) is 0 Å². The third-order valence-corrected chi connectivity index (χ3v) is 3.30. The molecule has 0 radical (unpaired) electrons. The van der Waals surface area contributed by atoms with E-state index in [-0.39, 0.29) is 11.6 Å². The summed E-state index contributed by atoms with van der Waals surface area (Å²) in [7, 11) is 0. The van der Waals surface area contributed by atoms with Crippen LogP contribution in [0.25, 0.3) is 0 Å². The molecule has 0 aliphatic carbocycles. The molecule has 1 N–H and O–H groups in total. The molecule has 0 aromatic heterocycles. The summed E-state index contributed by atoms with van der Waals surface area (Å²) in [4.78, 5) is 13.8. The predicted molar refractivity (Wildman–Crippen MR) is 59.4 cm³/mol. The number of rotatable bonds is 1. The van der Waals surface area contributed by atoms with Crippen LogP contribution < -0.4 is 5.32 Å². The molecule has 16 heavy (non-hydrogen) atoms. The Kier molecular flexibility index (Phi) is 3.66. The molecule has 0 saturated carbocycles. The SMILES string of the molecule is CC1(NC(=O)N2CCOCC2)CCOCC1. The van der Waals surface area contributed by atoms with E-state index >= 15 is 0 Å². The molecule has 5 heteroatoms. The van der Waals surface area contributed by atoms with Gasteiger partial charge in [-0.25, -0.2) is 4.79 Å². The predicted octanol–water partition coefficient (Wildman–Crippen LogP) is 0.597. The zero-order valence-electron chi connectivity index (χ0n) is 9.83. The van der Waals surface area contributed by atoms with E-state index < -0.39 is 0 Å². The molecule has 92 valence electrons. The van der Waals surface area contributed by atoms with Crippen molar-refractivity contribution in [1.82, 2.24) is 10.2 Å². The maximum atomic E-state index is 12.0. The second kappa shape index (κ2) is 5.01. The number of urea groups is 1. The Morgan fingerprint density at radius 2 is 1.69 bits per heavy atom. The summed E-state index contributed by atoms with van der Waals surface area (Å²) in [5.74, 6) is 0. The lowest BCUT2D eigenvalue weighted by Gasteiger charge is -2.37. The Labute approximate surface area is 96.1 Å². The van der Waals surface area contributed by atoms with Crippen molar-refractivity contribution >= 4 is 6.03 Å². The van der Waals surface area contributed by atoms with Gasteiger partial charge < -0.3 is 19.7 Å². The Morgan fingerprint density at radius 1 is 1.12 bits per heavy atom. The van der Waals surface area contributed by atoms with Crippen LogP contribution in [0, 0.1) is 0 Å². The number of hydrogen-bond donors (Lipinski definition) is 1. The molecule has 2 heterocycles. The first-order valence-corrected chi connectivity index (χ1v) is 5.92. The van der Waals surface area contributed by atoms with Crippen molar-refractivity contribution < 1.29 is 14.3 Å². The maximum Gasteiger partial charge on any atom is 0.317 e. The molecular formula is C11H20N2O3. The van der Waals surface area contributed by atoms with Gasteiger partial charge in [-0.2, -0.15) is 0 Å². The smallest absolute Gasteiger partial charge is 0.317 e. The second-order valence-corrected chi connectivity index (χ2v) is 4.70. The van der Waals surface area contributed by atoms with Crippen LogP contribution in [0.3, 0.4) is 0 Å². The standard InChI is InChI=1S/C11H20N2O3/c1-11(2-6-15-7-3-11)12-10(14)13-4-8-16-9-5-13/h2-9H2,1H3,(H,12,14). The third kappa shape index (κ3) is 2.86. The topological polar surface area (TPSA) is 50.8 Å². The van der Waals surface area contributed by atoms with Gasteiger partial charge in [-0.05, 0) is 19.8 Å². The van der Waals surface area contributed by atoms with Crippen molar-refractivity contribution in [3.63, 3.8) is 0 Å². The molecule has 2 amide bonds. The molecule has 0 aromatic rings. The number of carbonyl (C=O) groups is 1. The van der Waals surface area contributed by atoms with E-state index in [1.807, 2.05) is 4.90 Å². The van der Waals surface area contributed by atoms with Crippen molar-refractivity contribution in [2.75, 3.05) is 39.5 Å². The molecule has 0 unspecified atom stereocenters. The summed E-state index contributed by atoms with van der Waals surface area (Å²) in [5.41, 5.74) is -0.104. The van der Waals surface area contributed by atoms with Crippen molar-refractivity contribution in [2.24, 2.45) is 0 Å². The fourth-order valence-electron chi connectivity index (χ4n) is 2.05. The van der Waals surface area contributed by atoms with Gasteiger partial charge in [-0.1, -0.05) is 0 Å². The summed E-state index contributed by atoms with van der Waals surface area (Å²) >= 11 is 0. The highest BCUT2D eigenvalue weighted by Crippen LogP contribution is 2.20. The zero-order chi connectivity index (χ0) is 11.4. The number of amides is 2. The third-order valence-electron chi connectivity index (χ3n) is 3.30. The molecule has 0 aromatic carbocycles. The number of morpholine rings is 1. The highest BCUT2D eigenvalue weighted by Gasteiger charge is 2.30. The summed E-state index contributed by atoms with van der Waals surface area (Å²) in [6.45, 7) is 6.24. The van der Waals surface area contributed by atoms with Gasteiger partial charge in [-0.3, -0.25) is 0 Å². The Balaban J connectivity index is 1.85. The van der Waals surface area contributed by atoms with Crippen molar-refractivity contribution in [3.8, 4) is 0 Å². The number of carbonyl (C=O) groups excluding carboxylic acids is 1. The summed E-state index contributed by atoms with van der Waals surface area (Å²) in [6.07, 6.45) is 1.78. The van der Waals surface area contributed by atoms with E-state index in [9.17, 15) is 4.79 Å². The fourth-order valence-corrected chi connectivity index (χ4v) is 2.05. The fraction of sp³-hybridized carbons (Fsp3) is 0.909. The molecule has 2 aliphatic rings. The zero-order valence-corrected chi connectivity index (χ0v) is 9.83. The van der Waals surface area contributed by atoms with E-state index in [1.54, 1.807) is 0 Å². The minimum Gasteiger partial charge on any atom is -0.381 e. The van der Waals surface area contributed by atoms with Gasteiger partial charge in [0.1, 0.15) is 0 Å². The lowest BCUT2D eigenvalue weighted by atomic mass is 9.93. The van der Waals surface area contributed by atoms with E-state index in [0.29, 0.717) is 26.3 Å². The van der Waals surface area contributed by atoms with Crippen LogP contribution in [0.5, 0.6) is 0 Å². The van der Waals surface area contributed by atoms with E-state index in [1.165, 1.54) is 0 Å². The first-order chi connectivity index (χ1) is 7.70. The van der Waals surface area contributed by atoms with Crippen molar-refractivity contribution in [2.45, 2.75) is 25.3 Å². The highest BCUT2D eigenvalue weighted by molar-refractivity contribution is 5.75. The van der Waals surface area contributed by atoms with Gasteiger partial charge in [0.15, 0.2) is 0 Å². The average Bonchev–Trinajstić information content (AvgIpc) is 2.30. The van der Waals surface area contributed by atoms with Crippen LogP contribution in [0.1, 0.15) is 19.8 Å². The largest absolute Gasteiger partial charge is 0.381 e. The van der Waals surface area contributed by atoms with Gasteiger partial charge >= 0.3 is 6.03 Å². The minimum absolute atomic E-state index is 0.0349. The van der Waals surface area contributed by atoms with E-state index in [2.05, 4.69) is 12.2 Å². The minimum atomic E-state index is -0.104. The summed E-state index contributed by atoms with van der Waals surface area (Å²) in [5, 5.41) is 3.12. The van der Waals surface area contributed by atoms with Crippen LogP contribution in [-0.4, -0.2) is 56.0 Å². The van der Waals surface area contributed by atoms with Crippen LogP contribution in [0.4, 0.5) is 4.79 Å². The van der Waals surface area contributed by atoms with Gasteiger partial charge in [0.2, 0.25) is 0 Å². The molecular weight excluding hydrogens is 208 g/mol. The van der Waals surface area contributed by atoms with Gasteiger partial charge in [0, 0.05) is 31.8 Å². The van der Waals surface area contributed by atoms with Crippen molar-refractivity contribution in [1.29, 1.82) is 0 Å². The highest BCUT2D eigenvalue weighted by atomic mass is 16.5. The Morgan fingerprint density at radius 3 is 2.31 bits per heavy atom. The monoisotopic (exact) mass is 228 g/mol. The first-order valence-electron chi connectivity index (χ1n) is 5.92. The van der Waals surface area contributed by atoms with Gasteiger partial charge in [0.25, 0.3) is 0 Å². The number of ether oxygens (including phenoxy) is 2. The van der Waals surface area contributed by atoms with E-state index in [0.717, 1.165) is 26.1 Å². The normalized spacial score (nSPS) is 25.2. The lowest BCUT2D eigenvalue weighted by molar-refractivity contribution is 0.0342. The van der Waals surface area contributed by atoms with Gasteiger partial charge in [-0.15, -0.1) is 0 Å². The molecule has 2 rings (SSSR count). The first kappa shape index (κ1) is 11.7. The van der Waals surface area contributed by atoms with Crippen LogP contribution >= 0.6 is 0 Å². The number of hydrogen-bond acceptors (Lipinski definition) is 3. The average molecular weight is 228 g/mol. The second-order valence-electron chi connectivity index (χ2n) is 4.70. The molecule has 5 nitrogen and oxygen atoms in total.